The van der Waals surface area contributed by atoms with Crippen LogP contribution in [0.4, 0.5) is 10.1 Å². The first-order chi connectivity index (χ1) is 20.1. The average Bonchev–Trinajstić information content (AvgIpc) is 3.47. The van der Waals surface area contributed by atoms with Gasteiger partial charge in [0.1, 0.15) is 11.9 Å². The predicted molar refractivity (Wildman–Crippen MR) is 164 cm³/mol. The molecular formula is C32H37ClFN3O4S. The number of carbonyl (C=O) groups is 2. The third-order valence-corrected chi connectivity index (χ3v) is 8.95. The number of nitrogens with one attached hydrogen (secondary N) is 1. The van der Waals surface area contributed by atoms with E-state index in [0.29, 0.717) is 17.1 Å². The molecule has 10 heteroatoms. The molecule has 3 aromatic rings. The van der Waals surface area contributed by atoms with E-state index >= 15 is 0 Å². The highest BCUT2D eigenvalue weighted by Crippen LogP contribution is 2.22. The van der Waals surface area contributed by atoms with Crippen LogP contribution in [0.5, 0.6) is 0 Å². The van der Waals surface area contributed by atoms with Gasteiger partial charge in [0.15, 0.2) is 0 Å². The Hall–Kier alpha value is -3.43. The minimum Gasteiger partial charge on any atom is -0.352 e. The number of hydrogen-bond donors (Lipinski definition) is 1. The van der Waals surface area contributed by atoms with Gasteiger partial charge in [0.25, 0.3) is 0 Å². The Kier molecular flexibility index (Phi) is 11.0. The van der Waals surface area contributed by atoms with Crippen LogP contribution in [0.1, 0.15) is 49.7 Å². The fourth-order valence-electron chi connectivity index (χ4n) is 5.32. The molecule has 7 nitrogen and oxygen atoms in total. The molecule has 0 aliphatic heterocycles. The van der Waals surface area contributed by atoms with Crippen molar-refractivity contribution < 1.29 is 22.4 Å². The lowest BCUT2D eigenvalue weighted by atomic mass is 10.0. The third kappa shape index (κ3) is 9.03. The standard InChI is InChI=1S/C32H37ClFN3O4S/c1-42(40,41)37(29-19-17-27(34)18-20-29)21-7-12-31(38)36(23-25-13-15-26(33)16-14-25)30(22-24-8-3-2-4-9-24)32(39)35-28-10-5-6-11-28/h2-4,8-9,13-20,28,30H,5-7,10-12,21-23H2,1H3,(H,35,39)/t30-/m0/s1. The fourth-order valence-corrected chi connectivity index (χ4v) is 6.41. The summed E-state index contributed by atoms with van der Waals surface area (Å²) in [5.74, 6) is -0.933. The lowest BCUT2D eigenvalue weighted by Gasteiger charge is -2.33. The van der Waals surface area contributed by atoms with Crippen LogP contribution in [-0.2, 0) is 32.6 Å². The van der Waals surface area contributed by atoms with E-state index < -0.39 is 21.9 Å². The summed E-state index contributed by atoms with van der Waals surface area (Å²) in [4.78, 5) is 29.3. The summed E-state index contributed by atoms with van der Waals surface area (Å²) < 4.78 is 39.7. The van der Waals surface area contributed by atoms with Crippen molar-refractivity contribution in [1.29, 1.82) is 0 Å². The fraction of sp³-hybridized carbons (Fsp3) is 0.375. The largest absolute Gasteiger partial charge is 0.352 e. The maximum atomic E-state index is 13.9. The first kappa shape index (κ1) is 31.5. The van der Waals surface area contributed by atoms with Gasteiger partial charge in [0, 0.05) is 37.0 Å². The highest BCUT2D eigenvalue weighted by atomic mass is 35.5. The highest BCUT2D eigenvalue weighted by molar-refractivity contribution is 7.92. The molecule has 1 atom stereocenters. The van der Waals surface area contributed by atoms with Crippen LogP contribution in [0.15, 0.2) is 78.9 Å². The van der Waals surface area contributed by atoms with Gasteiger partial charge in [-0.1, -0.05) is 66.9 Å². The van der Waals surface area contributed by atoms with Crippen LogP contribution in [0.2, 0.25) is 5.02 Å². The Balaban J connectivity index is 1.57. The Bertz CT molecular complexity index is 1430. The number of halogens is 2. The minimum absolute atomic E-state index is 0.0167. The van der Waals surface area contributed by atoms with E-state index in [1.807, 2.05) is 42.5 Å². The summed E-state index contributed by atoms with van der Waals surface area (Å²) in [7, 11) is -3.68. The zero-order chi connectivity index (χ0) is 30.1. The summed E-state index contributed by atoms with van der Waals surface area (Å²) in [5.41, 5.74) is 2.07. The van der Waals surface area contributed by atoms with E-state index in [4.69, 9.17) is 11.6 Å². The number of carbonyl (C=O) groups excluding carboxylic acids is 2. The number of benzene rings is 3. The van der Waals surface area contributed by atoms with Gasteiger partial charge in [-0.15, -0.1) is 0 Å². The number of hydrogen-bond acceptors (Lipinski definition) is 4. The van der Waals surface area contributed by atoms with Crippen molar-refractivity contribution >= 4 is 39.1 Å². The van der Waals surface area contributed by atoms with Gasteiger partial charge < -0.3 is 10.2 Å². The van der Waals surface area contributed by atoms with Crippen molar-refractivity contribution in [2.24, 2.45) is 0 Å². The molecule has 42 heavy (non-hydrogen) atoms. The monoisotopic (exact) mass is 613 g/mol. The molecule has 0 aromatic heterocycles. The normalized spacial score (nSPS) is 14.4. The summed E-state index contributed by atoms with van der Waals surface area (Å²) in [5, 5.41) is 3.75. The first-order valence-electron chi connectivity index (χ1n) is 14.2. The molecule has 4 rings (SSSR count). The lowest BCUT2D eigenvalue weighted by molar-refractivity contribution is -0.141. The molecule has 0 unspecified atom stereocenters. The van der Waals surface area contributed by atoms with Crippen LogP contribution >= 0.6 is 11.6 Å². The molecule has 224 valence electrons. The Morgan fingerprint density at radius 3 is 2.21 bits per heavy atom. The van der Waals surface area contributed by atoms with Crippen LogP contribution in [0, 0.1) is 5.82 Å². The molecule has 0 saturated heterocycles. The second-order valence-electron chi connectivity index (χ2n) is 10.8. The molecule has 0 spiro atoms. The Labute approximate surface area is 252 Å². The van der Waals surface area contributed by atoms with E-state index in [0.717, 1.165) is 47.4 Å². The van der Waals surface area contributed by atoms with Gasteiger partial charge in [-0.05, 0) is 66.8 Å². The SMILES string of the molecule is CS(=O)(=O)N(CCCC(=O)N(Cc1ccc(Cl)cc1)[C@@H](Cc1ccccc1)C(=O)NC1CCCC1)c1ccc(F)cc1. The molecule has 3 aromatic carbocycles. The van der Waals surface area contributed by atoms with Gasteiger partial charge in [0.2, 0.25) is 21.8 Å². The maximum absolute atomic E-state index is 13.9. The number of amides is 2. The molecular weight excluding hydrogens is 577 g/mol. The number of rotatable bonds is 13. The topological polar surface area (TPSA) is 86.8 Å². The second kappa shape index (κ2) is 14.6. The summed E-state index contributed by atoms with van der Waals surface area (Å²) in [6, 6.07) is 21.3. The Morgan fingerprint density at radius 1 is 0.952 bits per heavy atom. The molecule has 0 radical (unpaired) electrons. The number of sulfonamides is 1. The first-order valence-corrected chi connectivity index (χ1v) is 16.4. The number of anilines is 1. The van der Waals surface area contributed by atoms with E-state index in [-0.39, 0.29) is 43.8 Å². The molecule has 0 bridgehead atoms. The van der Waals surface area contributed by atoms with Crippen LogP contribution < -0.4 is 9.62 Å². The summed E-state index contributed by atoms with van der Waals surface area (Å²) in [6.07, 6.45) is 5.60. The van der Waals surface area contributed by atoms with E-state index in [1.165, 1.54) is 24.3 Å². The molecule has 1 aliphatic carbocycles. The molecule has 2 amide bonds. The van der Waals surface area contributed by atoms with Crippen LogP contribution in [0.25, 0.3) is 0 Å². The minimum atomic E-state index is -3.68. The quantitative estimate of drug-likeness (QED) is 0.267. The highest BCUT2D eigenvalue weighted by Gasteiger charge is 2.32. The maximum Gasteiger partial charge on any atom is 0.243 e. The molecule has 0 heterocycles. The van der Waals surface area contributed by atoms with Gasteiger partial charge in [0.05, 0.1) is 11.9 Å². The molecule has 1 N–H and O–H groups in total. The van der Waals surface area contributed by atoms with Crippen LogP contribution in [0.3, 0.4) is 0 Å². The molecule has 1 fully saturated rings. The van der Waals surface area contributed by atoms with Crippen molar-refractivity contribution in [2.45, 2.75) is 63.6 Å². The van der Waals surface area contributed by atoms with Gasteiger partial charge >= 0.3 is 0 Å². The van der Waals surface area contributed by atoms with Gasteiger partial charge in [-0.25, -0.2) is 12.8 Å². The lowest BCUT2D eigenvalue weighted by Crippen LogP contribution is -2.52. The summed E-state index contributed by atoms with van der Waals surface area (Å²) >= 11 is 6.10. The molecule has 1 saturated carbocycles. The van der Waals surface area contributed by atoms with Crippen molar-refractivity contribution in [1.82, 2.24) is 10.2 Å². The van der Waals surface area contributed by atoms with Crippen LogP contribution in [-0.4, -0.2) is 50.0 Å². The predicted octanol–water partition coefficient (Wildman–Crippen LogP) is 5.72. The van der Waals surface area contributed by atoms with Gasteiger partial charge in [-0.2, -0.15) is 0 Å². The van der Waals surface area contributed by atoms with E-state index in [2.05, 4.69) is 5.32 Å². The number of nitrogens with zero attached hydrogens (tertiary/aromatic N) is 2. The van der Waals surface area contributed by atoms with Crippen molar-refractivity contribution in [3.63, 3.8) is 0 Å². The average molecular weight is 614 g/mol. The Morgan fingerprint density at radius 2 is 1.60 bits per heavy atom. The smallest absolute Gasteiger partial charge is 0.243 e. The zero-order valence-electron chi connectivity index (χ0n) is 23.7. The second-order valence-corrected chi connectivity index (χ2v) is 13.1. The van der Waals surface area contributed by atoms with E-state index in [1.54, 1.807) is 17.0 Å². The van der Waals surface area contributed by atoms with Crippen molar-refractivity contribution in [3.8, 4) is 0 Å². The van der Waals surface area contributed by atoms with E-state index in [9.17, 15) is 22.4 Å². The van der Waals surface area contributed by atoms with Crippen molar-refractivity contribution in [2.75, 3.05) is 17.1 Å². The van der Waals surface area contributed by atoms with Crippen molar-refractivity contribution in [3.05, 3.63) is 101 Å². The van der Waals surface area contributed by atoms with Gasteiger partial charge in [-0.3, -0.25) is 13.9 Å². The third-order valence-electron chi connectivity index (χ3n) is 7.51. The molecule has 1 aliphatic rings. The zero-order valence-corrected chi connectivity index (χ0v) is 25.3. The summed E-state index contributed by atoms with van der Waals surface area (Å²) in [6.45, 7) is 0.224.